The molecular formula is C35H25N5. The first-order valence-corrected chi connectivity index (χ1v) is 13.3. The third kappa shape index (κ3) is 4.37. The molecule has 5 nitrogen and oxygen atoms in total. The lowest BCUT2D eigenvalue weighted by molar-refractivity contribution is 1.06. The highest BCUT2D eigenvalue weighted by atomic mass is 15.0. The van der Waals surface area contributed by atoms with Crippen LogP contribution in [0.15, 0.2) is 115 Å². The van der Waals surface area contributed by atoms with E-state index >= 15 is 0 Å². The van der Waals surface area contributed by atoms with E-state index in [1.54, 1.807) is 0 Å². The molecule has 5 heteroatoms. The maximum Gasteiger partial charge on any atom is 0.182 e. The van der Waals surface area contributed by atoms with Crippen molar-refractivity contribution in [3.05, 3.63) is 127 Å². The van der Waals surface area contributed by atoms with Gasteiger partial charge in [-0.15, -0.1) is 0 Å². The van der Waals surface area contributed by atoms with Gasteiger partial charge in [-0.2, -0.15) is 0 Å². The van der Waals surface area contributed by atoms with Crippen molar-refractivity contribution in [2.75, 3.05) is 0 Å². The molecule has 0 saturated heterocycles. The molecule has 0 saturated carbocycles. The normalized spacial score (nSPS) is 11.2. The fourth-order valence-electron chi connectivity index (χ4n) is 5.11. The zero-order valence-electron chi connectivity index (χ0n) is 22.2. The molecule has 7 rings (SSSR count). The lowest BCUT2D eigenvalue weighted by atomic mass is 10.0. The van der Waals surface area contributed by atoms with Gasteiger partial charge < -0.3 is 0 Å². The highest BCUT2D eigenvalue weighted by Crippen LogP contribution is 2.30. The van der Waals surface area contributed by atoms with E-state index in [-0.39, 0.29) is 0 Å². The van der Waals surface area contributed by atoms with Gasteiger partial charge in [-0.05, 0) is 42.7 Å². The van der Waals surface area contributed by atoms with Crippen LogP contribution in [-0.2, 0) is 0 Å². The second-order valence-electron chi connectivity index (χ2n) is 9.93. The van der Waals surface area contributed by atoms with Crippen molar-refractivity contribution in [3.8, 4) is 45.4 Å². The summed E-state index contributed by atoms with van der Waals surface area (Å²) in [7, 11) is 0. The average molecular weight is 516 g/mol. The van der Waals surface area contributed by atoms with Crippen molar-refractivity contribution in [2.45, 2.75) is 13.8 Å². The average Bonchev–Trinajstić information content (AvgIpc) is 3.01. The molecule has 0 unspecified atom stereocenters. The van der Waals surface area contributed by atoms with Gasteiger partial charge in [-0.25, -0.2) is 19.9 Å². The summed E-state index contributed by atoms with van der Waals surface area (Å²) in [5.74, 6) is 1.74. The number of aromatic nitrogens is 5. The third-order valence-electron chi connectivity index (χ3n) is 7.12. The number of hydrogen-bond donors (Lipinski definition) is 0. The fourth-order valence-corrected chi connectivity index (χ4v) is 5.11. The summed E-state index contributed by atoms with van der Waals surface area (Å²) < 4.78 is 0. The van der Waals surface area contributed by atoms with Crippen LogP contribution >= 0.6 is 0 Å². The predicted octanol–water partition coefficient (Wildman–Crippen LogP) is 8.25. The number of aryl methyl sites for hydroxylation is 2. The number of nitrogens with zero attached hydrogens (tertiary/aromatic N) is 5. The Morgan fingerprint density at radius 1 is 0.425 bits per heavy atom. The summed E-state index contributed by atoms with van der Waals surface area (Å²) in [6, 6.07) is 39.0. The fraction of sp³-hybridized carbons (Fsp3) is 0.0571. The summed E-state index contributed by atoms with van der Waals surface area (Å²) in [5, 5.41) is 2.13. The third-order valence-corrected chi connectivity index (χ3v) is 7.12. The Morgan fingerprint density at radius 2 is 0.975 bits per heavy atom. The molecule has 0 N–H and O–H groups in total. The van der Waals surface area contributed by atoms with E-state index < -0.39 is 0 Å². The highest BCUT2D eigenvalue weighted by molar-refractivity contribution is 6.04. The molecule has 3 aromatic heterocycles. The Bertz CT molecular complexity index is 2000. The van der Waals surface area contributed by atoms with Crippen LogP contribution in [0.5, 0.6) is 0 Å². The van der Waals surface area contributed by atoms with E-state index in [2.05, 4.69) is 67.6 Å². The maximum atomic E-state index is 5.06. The van der Waals surface area contributed by atoms with Crippen LogP contribution in [0.4, 0.5) is 0 Å². The minimum absolute atomic E-state index is 0.527. The van der Waals surface area contributed by atoms with E-state index in [1.165, 1.54) is 11.1 Å². The van der Waals surface area contributed by atoms with Crippen molar-refractivity contribution in [2.24, 2.45) is 0 Å². The van der Waals surface area contributed by atoms with E-state index in [4.69, 9.17) is 24.9 Å². The second-order valence-corrected chi connectivity index (χ2v) is 9.93. The van der Waals surface area contributed by atoms with Gasteiger partial charge in [0, 0.05) is 27.6 Å². The van der Waals surface area contributed by atoms with Gasteiger partial charge in [0.25, 0.3) is 0 Å². The summed E-state index contributed by atoms with van der Waals surface area (Å²) in [6.45, 7) is 4.13. The lowest BCUT2D eigenvalue weighted by Gasteiger charge is -2.10. The standard InChI is InChI=1S/C35H25N5/c1-22-21-23(2)36-32-29(22)19-17-26-18-20-30(37-31(26)32)35-39-33(27-11-7-4-8-12-27)38-34(40-35)28-15-13-25(14-16-28)24-9-5-3-6-10-24/h3-21H,1-2H3. The molecule has 7 aromatic rings. The molecule has 0 aliphatic heterocycles. The Kier molecular flexibility index (Phi) is 5.82. The van der Waals surface area contributed by atoms with Crippen LogP contribution in [0.2, 0.25) is 0 Å². The van der Waals surface area contributed by atoms with Gasteiger partial charge in [-0.3, -0.25) is 4.98 Å². The van der Waals surface area contributed by atoms with Gasteiger partial charge in [0.1, 0.15) is 5.69 Å². The molecule has 0 radical (unpaired) electrons. The summed E-state index contributed by atoms with van der Waals surface area (Å²) in [6.07, 6.45) is 0. The van der Waals surface area contributed by atoms with E-state index in [0.717, 1.165) is 44.2 Å². The molecule has 0 spiro atoms. The van der Waals surface area contributed by atoms with Crippen LogP contribution in [0.25, 0.3) is 67.2 Å². The minimum Gasteiger partial charge on any atom is -0.251 e. The molecule has 40 heavy (non-hydrogen) atoms. The molecular weight excluding hydrogens is 490 g/mol. The van der Waals surface area contributed by atoms with Gasteiger partial charge in [0.2, 0.25) is 0 Å². The van der Waals surface area contributed by atoms with E-state index in [9.17, 15) is 0 Å². The van der Waals surface area contributed by atoms with Gasteiger partial charge in [0.05, 0.1) is 11.0 Å². The second kappa shape index (κ2) is 9.79. The first kappa shape index (κ1) is 23.8. The summed E-state index contributed by atoms with van der Waals surface area (Å²) in [4.78, 5) is 24.6. The summed E-state index contributed by atoms with van der Waals surface area (Å²) in [5.41, 5.74) is 8.73. The minimum atomic E-state index is 0.527. The molecule has 0 fully saturated rings. The lowest BCUT2D eigenvalue weighted by Crippen LogP contribution is -2.01. The number of benzene rings is 4. The van der Waals surface area contributed by atoms with Crippen molar-refractivity contribution in [1.29, 1.82) is 0 Å². The smallest absolute Gasteiger partial charge is 0.182 e. The topological polar surface area (TPSA) is 64.5 Å². The zero-order chi connectivity index (χ0) is 27.1. The Morgan fingerprint density at radius 3 is 1.68 bits per heavy atom. The maximum absolute atomic E-state index is 5.06. The highest BCUT2D eigenvalue weighted by Gasteiger charge is 2.15. The SMILES string of the molecule is Cc1cc(C)c2ccc3ccc(-c4nc(-c5ccccc5)nc(-c5ccc(-c6ccccc6)cc5)n4)nc3c2n1. The number of fused-ring (bicyclic) bond motifs is 3. The molecule has 3 heterocycles. The summed E-state index contributed by atoms with van der Waals surface area (Å²) >= 11 is 0. The van der Waals surface area contributed by atoms with Gasteiger partial charge >= 0.3 is 0 Å². The number of rotatable bonds is 4. The van der Waals surface area contributed by atoms with Crippen molar-refractivity contribution in [1.82, 2.24) is 24.9 Å². The van der Waals surface area contributed by atoms with Crippen LogP contribution in [0.3, 0.4) is 0 Å². The molecule has 0 bridgehead atoms. The Labute approximate surface area is 232 Å². The van der Waals surface area contributed by atoms with Gasteiger partial charge in [0.15, 0.2) is 17.5 Å². The van der Waals surface area contributed by atoms with Crippen molar-refractivity contribution in [3.63, 3.8) is 0 Å². The molecule has 0 aliphatic rings. The largest absolute Gasteiger partial charge is 0.251 e. The van der Waals surface area contributed by atoms with E-state index in [1.807, 2.05) is 61.5 Å². The van der Waals surface area contributed by atoms with Crippen LogP contribution in [0.1, 0.15) is 11.3 Å². The quantitative estimate of drug-likeness (QED) is 0.221. The van der Waals surface area contributed by atoms with E-state index in [0.29, 0.717) is 23.2 Å². The van der Waals surface area contributed by atoms with Crippen LogP contribution in [0, 0.1) is 13.8 Å². The molecule has 0 amide bonds. The number of hydrogen-bond acceptors (Lipinski definition) is 5. The molecule has 0 aliphatic carbocycles. The monoisotopic (exact) mass is 515 g/mol. The Balaban J connectivity index is 1.40. The predicted molar refractivity (Wildman–Crippen MR) is 162 cm³/mol. The van der Waals surface area contributed by atoms with Crippen molar-refractivity contribution >= 4 is 21.8 Å². The van der Waals surface area contributed by atoms with Gasteiger partial charge in [-0.1, -0.05) is 103 Å². The van der Waals surface area contributed by atoms with Crippen LogP contribution in [-0.4, -0.2) is 24.9 Å². The molecule has 0 atom stereocenters. The Hall–Kier alpha value is -5.29. The number of pyridine rings is 2. The zero-order valence-corrected chi connectivity index (χ0v) is 22.2. The van der Waals surface area contributed by atoms with Crippen LogP contribution < -0.4 is 0 Å². The first-order chi connectivity index (χ1) is 19.6. The first-order valence-electron chi connectivity index (χ1n) is 13.3. The molecule has 4 aromatic carbocycles. The van der Waals surface area contributed by atoms with Crippen molar-refractivity contribution < 1.29 is 0 Å². The molecule has 190 valence electrons.